The maximum Gasteiger partial charge on any atom is 0.331 e. The molecule has 2 aromatic carbocycles. The van der Waals surface area contributed by atoms with E-state index in [0.29, 0.717) is 29.1 Å². The van der Waals surface area contributed by atoms with Gasteiger partial charge < -0.3 is 0 Å². The minimum atomic E-state index is -0.295. The second-order valence-electron chi connectivity index (χ2n) is 6.52. The highest BCUT2D eigenvalue weighted by Crippen LogP contribution is 2.18. The smallest absolute Gasteiger partial charge is 0.293 e. The van der Waals surface area contributed by atoms with Crippen molar-refractivity contribution in [3.63, 3.8) is 0 Å². The van der Waals surface area contributed by atoms with Crippen LogP contribution in [0.15, 0.2) is 63.1 Å². The van der Waals surface area contributed by atoms with E-state index >= 15 is 0 Å². The lowest BCUT2D eigenvalue weighted by Crippen LogP contribution is -2.38. The molecule has 3 aromatic rings. The second kappa shape index (κ2) is 6.89. The van der Waals surface area contributed by atoms with Crippen LogP contribution in [0.25, 0.3) is 10.9 Å². The van der Waals surface area contributed by atoms with Gasteiger partial charge in [0, 0.05) is 19.8 Å². The van der Waals surface area contributed by atoms with Crippen LogP contribution in [-0.2, 0) is 13.6 Å². The Morgan fingerprint density at radius 1 is 1.08 bits per heavy atom. The van der Waals surface area contributed by atoms with Gasteiger partial charge in [0.25, 0.3) is 5.56 Å². The van der Waals surface area contributed by atoms with E-state index in [9.17, 15) is 9.59 Å². The highest BCUT2D eigenvalue weighted by Gasteiger charge is 2.12. The number of rotatable bonds is 4. The molecule has 0 fully saturated rings. The highest BCUT2D eigenvalue weighted by molar-refractivity contribution is 5.85. The number of benzene rings is 2. The molecule has 1 aromatic heterocycles. The molecule has 0 amide bonds. The van der Waals surface area contributed by atoms with E-state index in [1.165, 1.54) is 7.05 Å². The average Bonchev–Trinajstić information content (AvgIpc) is 2.62. The van der Waals surface area contributed by atoms with E-state index in [-0.39, 0.29) is 11.2 Å². The van der Waals surface area contributed by atoms with E-state index in [4.69, 9.17) is 0 Å². The number of hydrogen-bond donors (Lipinski definition) is 0. The SMILES string of the molecule is CC(C)Cn1c(=O)n(C)c(=O)c2cc(N=Cc3ccccc3)ccc21. The van der Waals surface area contributed by atoms with Crippen LogP contribution in [0.4, 0.5) is 5.69 Å². The third kappa shape index (κ3) is 3.45. The van der Waals surface area contributed by atoms with Crippen molar-refractivity contribution in [1.29, 1.82) is 0 Å². The Kier molecular flexibility index (Phi) is 4.65. The summed E-state index contributed by atoms with van der Waals surface area (Å²) in [6, 6.07) is 15.1. The number of aliphatic imine (C=N–C) groups is 1. The molecule has 3 rings (SSSR count). The molecular formula is C20H21N3O2. The largest absolute Gasteiger partial charge is 0.331 e. The summed E-state index contributed by atoms with van der Waals surface area (Å²) in [6.45, 7) is 4.65. The van der Waals surface area contributed by atoms with Gasteiger partial charge in [-0.25, -0.2) is 4.79 Å². The van der Waals surface area contributed by atoms with Crippen molar-refractivity contribution in [3.05, 3.63) is 74.9 Å². The van der Waals surface area contributed by atoms with Gasteiger partial charge in [-0.3, -0.25) is 18.9 Å². The minimum Gasteiger partial charge on any atom is -0.293 e. The van der Waals surface area contributed by atoms with Gasteiger partial charge >= 0.3 is 5.69 Å². The molecule has 128 valence electrons. The summed E-state index contributed by atoms with van der Waals surface area (Å²) >= 11 is 0. The maximum absolute atomic E-state index is 12.5. The highest BCUT2D eigenvalue weighted by atomic mass is 16.2. The zero-order valence-electron chi connectivity index (χ0n) is 14.6. The summed E-state index contributed by atoms with van der Waals surface area (Å²) in [6.07, 6.45) is 1.76. The molecule has 5 nitrogen and oxygen atoms in total. The zero-order chi connectivity index (χ0) is 18.0. The van der Waals surface area contributed by atoms with Crippen molar-refractivity contribution in [1.82, 2.24) is 9.13 Å². The molecule has 0 aliphatic heterocycles. The van der Waals surface area contributed by atoms with Gasteiger partial charge in [0.1, 0.15) is 0 Å². The topological polar surface area (TPSA) is 56.4 Å². The van der Waals surface area contributed by atoms with Gasteiger partial charge in [-0.1, -0.05) is 44.2 Å². The van der Waals surface area contributed by atoms with Crippen molar-refractivity contribution in [3.8, 4) is 0 Å². The number of hydrogen-bond acceptors (Lipinski definition) is 3. The van der Waals surface area contributed by atoms with E-state index in [1.807, 2.05) is 50.2 Å². The minimum absolute atomic E-state index is 0.285. The third-order valence-electron chi connectivity index (χ3n) is 4.03. The van der Waals surface area contributed by atoms with E-state index in [1.54, 1.807) is 22.9 Å². The van der Waals surface area contributed by atoms with Gasteiger partial charge in [-0.05, 0) is 29.7 Å². The number of nitrogens with zero attached hydrogens (tertiary/aromatic N) is 3. The van der Waals surface area contributed by atoms with Gasteiger partial charge in [0.05, 0.1) is 16.6 Å². The summed E-state index contributed by atoms with van der Waals surface area (Å²) in [4.78, 5) is 29.4. The number of fused-ring (bicyclic) bond motifs is 1. The van der Waals surface area contributed by atoms with Crippen molar-refractivity contribution in [2.24, 2.45) is 18.0 Å². The molecule has 0 saturated carbocycles. The van der Waals surface area contributed by atoms with Gasteiger partial charge in [0.2, 0.25) is 0 Å². The molecule has 25 heavy (non-hydrogen) atoms. The van der Waals surface area contributed by atoms with E-state index in [2.05, 4.69) is 4.99 Å². The lowest BCUT2D eigenvalue weighted by atomic mass is 10.2. The Morgan fingerprint density at radius 2 is 1.80 bits per heavy atom. The summed E-state index contributed by atoms with van der Waals surface area (Å²) in [5, 5.41) is 0.505. The van der Waals surface area contributed by atoms with Crippen molar-refractivity contribution in [2.45, 2.75) is 20.4 Å². The Bertz CT molecular complexity index is 1040. The molecule has 0 spiro atoms. The first-order valence-corrected chi connectivity index (χ1v) is 8.30. The Balaban J connectivity index is 2.13. The quantitative estimate of drug-likeness (QED) is 0.688. The average molecular weight is 335 g/mol. The molecule has 0 aliphatic rings. The lowest BCUT2D eigenvalue weighted by molar-refractivity contribution is 0.502. The molecule has 1 heterocycles. The van der Waals surface area contributed by atoms with Crippen molar-refractivity contribution in [2.75, 3.05) is 0 Å². The summed E-state index contributed by atoms with van der Waals surface area (Å²) in [5.41, 5.74) is 1.74. The molecular weight excluding hydrogens is 314 g/mol. The molecule has 0 saturated heterocycles. The molecule has 0 radical (unpaired) electrons. The van der Waals surface area contributed by atoms with Gasteiger partial charge in [-0.15, -0.1) is 0 Å². The third-order valence-corrected chi connectivity index (χ3v) is 4.03. The molecule has 0 unspecified atom stereocenters. The zero-order valence-corrected chi connectivity index (χ0v) is 14.6. The normalized spacial score (nSPS) is 11.7. The first-order chi connectivity index (χ1) is 12.0. The fourth-order valence-electron chi connectivity index (χ4n) is 2.79. The molecule has 0 bridgehead atoms. The fraction of sp³-hybridized carbons (Fsp3) is 0.250. The van der Waals surface area contributed by atoms with E-state index < -0.39 is 0 Å². The van der Waals surface area contributed by atoms with Crippen molar-refractivity contribution < 1.29 is 0 Å². The number of aromatic nitrogens is 2. The van der Waals surface area contributed by atoms with Gasteiger partial charge in [-0.2, -0.15) is 0 Å². The maximum atomic E-state index is 12.5. The Hall–Kier alpha value is -2.95. The van der Waals surface area contributed by atoms with Crippen LogP contribution >= 0.6 is 0 Å². The molecule has 0 aliphatic carbocycles. The fourth-order valence-corrected chi connectivity index (χ4v) is 2.79. The molecule has 0 atom stereocenters. The summed E-state index contributed by atoms with van der Waals surface area (Å²) < 4.78 is 2.82. The van der Waals surface area contributed by atoms with E-state index in [0.717, 1.165) is 10.1 Å². The van der Waals surface area contributed by atoms with Crippen LogP contribution in [0.2, 0.25) is 0 Å². The Morgan fingerprint density at radius 3 is 2.48 bits per heavy atom. The predicted molar refractivity (Wildman–Crippen MR) is 102 cm³/mol. The standard InChI is InChI=1S/C20H21N3O2/c1-14(2)13-23-18-10-9-16(21-12-15-7-5-4-6-8-15)11-17(18)19(24)22(3)20(23)25/h4-12,14H,13H2,1-3H3. The first-order valence-electron chi connectivity index (χ1n) is 8.30. The van der Waals surface area contributed by atoms with Crippen LogP contribution in [-0.4, -0.2) is 15.3 Å². The van der Waals surface area contributed by atoms with Crippen LogP contribution in [0.5, 0.6) is 0 Å². The van der Waals surface area contributed by atoms with Crippen LogP contribution in [0.1, 0.15) is 19.4 Å². The summed E-state index contributed by atoms with van der Waals surface area (Å²) in [5.74, 6) is 0.300. The first kappa shape index (κ1) is 16.9. The molecule has 5 heteroatoms. The Labute approximate surface area is 145 Å². The lowest BCUT2D eigenvalue weighted by Gasteiger charge is -2.14. The second-order valence-corrected chi connectivity index (χ2v) is 6.52. The monoisotopic (exact) mass is 335 g/mol. The van der Waals surface area contributed by atoms with Crippen molar-refractivity contribution >= 4 is 22.8 Å². The van der Waals surface area contributed by atoms with Crippen LogP contribution in [0, 0.1) is 5.92 Å². The van der Waals surface area contributed by atoms with Crippen LogP contribution in [0.3, 0.4) is 0 Å². The van der Waals surface area contributed by atoms with Gasteiger partial charge in [0.15, 0.2) is 0 Å². The predicted octanol–water partition coefficient (Wildman–Crippen LogP) is 3.11. The summed E-state index contributed by atoms with van der Waals surface area (Å²) in [7, 11) is 1.51. The van der Waals surface area contributed by atoms with Crippen LogP contribution < -0.4 is 11.2 Å². The molecule has 0 N–H and O–H groups in total.